The summed E-state index contributed by atoms with van der Waals surface area (Å²) >= 11 is 0. The molecule has 0 aromatic heterocycles. The van der Waals surface area contributed by atoms with Gasteiger partial charge >= 0.3 is 0 Å². The Hall–Kier alpha value is -2.37. The second-order valence-electron chi connectivity index (χ2n) is 7.03. The van der Waals surface area contributed by atoms with E-state index in [1.165, 1.54) is 0 Å². The minimum Gasteiger partial charge on any atom is -0.350 e. The minimum atomic E-state index is -0.329. The van der Waals surface area contributed by atoms with Gasteiger partial charge in [-0.15, -0.1) is 0 Å². The zero-order valence-electron chi connectivity index (χ0n) is 14.5. The lowest BCUT2D eigenvalue weighted by molar-refractivity contribution is -0.121. The van der Waals surface area contributed by atoms with Crippen molar-refractivity contribution in [2.45, 2.75) is 45.6 Å². The molecule has 0 radical (unpaired) electrons. The van der Waals surface area contributed by atoms with Gasteiger partial charge in [0.2, 0.25) is 11.8 Å². The molecule has 1 saturated heterocycles. The molecule has 0 saturated carbocycles. The molecular formula is C18H25N3O3. The molecule has 1 aliphatic heterocycles. The van der Waals surface area contributed by atoms with Crippen LogP contribution in [-0.4, -0.2) is 36.3 Å². The lowest BCUT2D eigenvalue weighted by Gasteiger charge is -2.26. The van der Waals surface area contributed by atoms with Gasteiger partial charge < -0.3 is 15.5 Å². The number of nitrogens with one attached hydrogen (secondary N) is 2. The molecule has 24 heavy (non-hydrogen) atoms. The van der Waals surface area contributed by atoms with Crippen LogP contribution in [0.4, 0.5) is 5.69 Å². The predicted molar refractivity (Wildman–Crippen MR) is 92.9 cm³/mol. The zero-order valence-corrected chi connectivity index (χ0v) is 14.5. The summed E-state index contributed by atoms with van der Waals surface area (Å²) in [5.41, 5.74) is 0.943. The number of hydrogen-bond donors (Lipinski definition) is 2. The molecule has 1 heterocycles. The lowest BCUT2D eigenvalue weighted by Crippen LogP contribution is -2.45. The van der Waals surface area contributed by atoms with Crippen LogP contribution in [0, 0.1) is 0 Å². The first-order chi connectivity index (χ1) is 11.3. The third-order valence-corrected chi connectivity index (χ3v) is 3.69. The van der Waals surface area contributed by atoms with Gasteiger partial charge in [0.15, 0.2) is 0 Å². The average molecular weight is 331 g/mol. The molecule has 0 spiro atoms. The van der Waals surface area contributed by atoms with Gasteiger partial charge in [0.25, 0.3) is 5.91 Å². The van der Waals surface area contributed by atoms with Gasteiger partial charge in [0, 0.05) is 29.8 Å². The summed E-state index contributed by atoms with van der Waals surface area (Å²) in [4.78, 5) is 37.5. The second kappa shape index (κ2) is 7.47. The van der Waals surface area contributed by atoms with E-state index in [1.54, 1.807) is 29.2 Å². The fourth-order valence-electron chi connectivity index (χ4n) is 2.60. The van der Waals surface area contributed by atoms with Gasteiger partial charge in [-0.05, 0) is 57.9 Å². The van der Waals surface area contributed by atoms with Crippen molar-refractivity contribution in [2.24, 2.45) is 0 Å². The Morgan fingerprint density at radius 2 is 1.79 bits per heavy atom. The van der Waals surface area contributed by atoms with Crippen molar-refractivity contribution >= 4 is 23.4 Å². The van der Waals surface area contributed by atoms with Crippen LogP contribution in [0.25, 0.3) is 0 Å². The Morgan fingerprint density at radius 3 is 2.38 bits per heavy atom. The van der Waals surface area contributed by atoms with E-state index in [1.807, 2.05) is 20.8 Å². The Kier molecular flexibility index (Phi) is 5.59. The van der Waals surface area contributed by atoms with E-state index in [2.05, 4.69) is 10.6 Å². The smallest absolute Gasteiger partial charge is 0.251 e. The fourth-order valence-corrected chi connectivity index (χ4v) is 2.60. The van der Waals surface area contributed by atoms with E-state index in [-0.39, 0.29) is 29.8 Å². The standard InChI is InChI=1S/C18H25N3O3/c1-18(2,3)20-15(22)12-19-17(24)13-7-9-14(10-8-13)21-11-5-4-6-16(21)23/h7-10H,4-6,11-12H2,1-3H3,(H,19,24)(H,20,22). The quantitative estimate of drug-likeness (QED) is 0.884. The fraction of sp³-hybridized carbons (Fsp3) is 0.500. The summed E-state index contributed by atoms with van der Waals surface area (Å²) < 4.78 is 0. The summed E-state index contributed by atoms with van der Waals surface area (Å²) in [7, 11) is 0. The minimum absolute atomic E-state index is 0.0670. The number of piperidine rings is 1. The highest BCUT2D eigenvalue weighted by atomic mass is 16.2. The van der Waals surface area contributed by atoms with Gasteiger partial charge in [0.1, 0.15) is 0 Å². The van der Waals surface area contributed by atoms with Gasteiger partial charge in [-0.3, -0.25) is 14.4 Å². The monoisotopic (exact) mass is 331 g/mol. The van der Waals surface area contributed by atoms with Crippen molar-refractivity contribution < 1.29 is 14.4 Å². The van der Waals surface area contributed by atoms with Crippen LogP contribution < -0.4 is 15.5 Å². The van der Waals surface area contributed by atoms with Crippen molar-refractivity contribution in [3.05, 3.63) is 29.8 Å². The van der Waals surface area contributed by atoms with Crippen molar-refractivity contribution in [2.75, 3.05) is 18.0 Å². The maximum Gasteiger partial charge on any atom is 0.251 e. The van der Waals surface area contributed by atoms with Crippen LogP contribution in [0.2, 0.25) is 0 Å². The molecular weight excluding hydrogens is 306 g/mol. The third kappa shape index (κ3) is 5.08. The molecule has 1 aromatic rings. The highest BCUT2D eigenvalue weighted by Crippen LogP contribution is 2.21. The number of rotatable bonds is 4. The number of anilines is 1. The van der Waals surface area contributed by atoms with Gasteiger partial charge in [0.05, 0.1) is 6.54 Å². The van der Waals surface area contributed by atoms with Gasteiger partial charge in [-0.2, -0.15) is 0 Å². The first kappa shape index (κ1) is 18.0. The summed E-state index contributed by atoms with van der Waals surface area (Å²) in [5.74, 6) is -0.417. The number of benzene rings is 1. The molecule has 3 amide bonds. The molecule has 130 valence electrons. The number of carbonyl (C=O) groups is 3. The van der Waals surface area contributed by atoms with E-state index >= 15 is 0 Å². The topological polar surface area (TPSA) is 78.5 Å². The van der Waals surface area contributed by atoms with Crippen molar-refractivity contribution in [3.63, 3.8) is 0 Å². The van der Waals surface area contributed by atoms with Crippen LogP contribution in [0.15, 0.2) is 24.3 Å². The van der Waals surface area contributed by atoms with Crippen molar-refractivity contribution in [3.8, 4) is 0 Å². The Morgan fingerprint density at radius 1 is 1.12 bits per heavy atom. The molecule has 1 aromatic carbocycles. The second-order valence-corrected chi connectivity index (χ2v) is 7.03. The van der Waals surface area contributed by atoms with Crippen LogP contribution in [0.5, 0.6) is 0 Å². The molecule has 1 fully saturated rings. The lowest BCUT2D eigenvalue weighted by atomic mass is 10.1. The zero-order chi connectivity index (χ0) is 17.7. The first-order valence-corrected chi connectivity index (χ1v) is 8.26. The Balaban J connectivity index is 1.91. The van der Waals surface area contributed by atoms with E-state index in [0.717, 1.165) is 25.1 Å². The van der Waals surface area contributed by atoms with Crippen LogP contribution >= 0.6 is 0 Å². The normalized spacial score (nSPS) is 15.1. The predicted octanol–water partition coefficient (Wildman–Crippen LogP) is 1.85. The maximum absolute atomic E-state index is 12.1. The van der Waals surface area contributed by atoms with Gasteiger partial charge in [-0.25, -0.2) is 0 Å². The molecule has 1 aliphatic rings. The van der Waals surface area contributed by atoms with E-state index < -0.39 is 0 Å². The molecule has 0 aliphatic carbocycles. The van der Waals surface area contributed by atoms with Crippen LogP contribution in [0.1, 0.15) is 50.4 Å². The summed E-state index contributed by atoms with van der Waals surface area (Å²) in [6, 6.07) is 6.89. The van der Waals surface area contributed by atoms with Crippen LogP contribution in [-0.2, 0) is 9.59 Å². The molecule has 2 rings (SSSR count). The summed E-state index contributed by atoms with van der Waals surface area (Å²) in [6.45, 7) is 6.30. The van der Waals surface area contributed by atoms with E-state index in [0.29, 0.717) is 12.0 Å². The van der Waals surface area contributed by atoms with E-state index in [4.69, 9.17) is 0 Å². The highest BCUT2D eigenvalue weighted by Gasteiger charge is 2.20. The number of amides is 3. The summed E-state index contributed by atoms with van der Waals surface area (Å²) in [5, 5.41) is 5.38. The van der Waals surface area contributed by atoms with Crippen LogP contribution in [0.3, 0.4) is 0 Å². The third-order valence-electron chi connectivity index (χ3n) is 3.69. The van der Waals surface area contributed by atoms with Gasteiger partial charge in [-0.1, -0.05) is 0 Å². The molecule has 0 bridgehead atoms. The Bertz CT molecular complexity index is 617. The van der Waals surface area contributed by atoms with E-state index in [9.17, 15) is 14.4 Å². The molecule has 6 heteroatoms. The van der Waals surface area contributed by atoms with Crippen molar-refractivity contribution in [1.29, 1.82) is 0 Å². The highest BCUT2D eigenvalue weighted by molar-refractivity contribution is 5.98. The number of carbonyl (C=O) groups excluding carboxylic acids is 3. The molecule has 0 atom stereocenters. The average Bonchev–Trinajstić information content (AvgIpc) is 2.52. The first-order valence-electron chi connectivity index (χ1n) is 8.26. The molecule has 0 unspecified atom stereocenters. The van der Waals surface area contributed by atoms with Crippen molar-refractivity contribution in [1.82, 2.24) is 10.6 Å². The summed E-state index contributed by atoms with van der Waals surface area (Å²) in [6.07, 6.45) is 2.51. The maximum atomic E-state index is 12.1. The molecule has 6 nitrogen and oxygen atoms in total. The number of hydrogen-bond acceptors (Lipinski definition) is 3. The SMILES string of the molecule is CC(C)(C)NC(=O)CNC(=O)c1ccc(N2CCCCC2=O)cc1. The number of nitrogens with zero attached hydrogens (tertiary/aromatic N) is 1. The Labute approximate surface area is 142 Å². The molecule has 2 N–H and O–H groups in total. The largest absolute Gasteiger partial charge is 0.350 e.